The quantitative estimate of drug-likeness (QED) is 0.105. The SMILES string of the molecule is O=C(N[C@H]1CCS[C@H]2CCC[C@@H](C(=O)Nc3nccs3)N2C1=O)[C@H](CC[C@H](Cc1ccccc1)C(=O)N[C@@H]1CCS[C@H]2CCC[C@@H](C(=O)Nc3nccs3)N2C1=O)Cc1ccccc1. The number of piperidine rings is 2. The second-order valence-electron chi connectivity index (χ2n) is 16.7. The first kappa shape index (κ1) is 45.8. The molecule has 0 aliphatic carbocycles. The molecule has 2 aromatic heterocycles. The van der Waals surface area contributed by atoms with E-state index in [9.17, 15) is 28.8 Å². The molecule has 0 radical (unpaired) electrons. The molecule has 0 saturated carbocycles. The Labute approximate surface area is 389 Å². The first-order valence-corrected chi connectivity index (χ1v) is 26.0. The molecular formula is C46H54N8O6S4. The fourth-order valence-corrected chi connectivity index (χ4v) is 13.1. The Morgan fingerprint density at radius 2 is 1.02 bits per heavy atom. The first-order chi connectivity index (χ1) is 31.2. The van der Waals surface area contributed by atoms with E-state index in [1.807, 2.05) is 60.7 Å². The van der Waals surface area contributed by atoms with Crippen molar-refractivity contribution in [1.82, 2.24) is 30.4 Å². The van der Waals surface area contributed by atoms with Gasteiger partial charge in [0.25, 0.3) is 0 Å². The van der Waals surface area contributed by atoms with Gasteiger partial charge in [-0.3, -0.25) is 28.8 Å². The Morgan fingerprint density at radius 1 is 0.594 bits per heavy atom. The van der Waals surface area contributed by atoms with Crippen LogP contribution in [0, 0.1) is 11.8 Å². The smallest absolute Gasteiger partial charge is 0.249 e. The highest BCUT2D eigenvalue weighted by molar-refractivity contribution is 8.00. The lowest BCUT2D eigenvalue weighted by Gasteiger charge is -2.40. The lowest BCUT2D eigenvalue weighted by molar-refractivity contribution is -0.144. The predicted molar refractivity (Wildman–Crippen MR) is 253 cm³/mol. The zero-order chi connectivity index (χ0) is 44.4. The third-order valence-electron chi connectivity index (χ3n) is 12.5. The summed E-state index contributed by atoms with van der Waals surface area (Å²) in [5, 5.41) is 16.2. The number of carbonyl (C=O) groups excluding carboxylic acids is 6. The number of carbonyl (C=O) groups is 6. The molecular weight excluding hydrogens is 889 g/mol. The summed E-state index contributed by atoms with van der Waals surface area (Å²) in [6.45, 7) is 0. The molecule has 4 aliphatic rings. The summed E-state index contributed by atoms with van der Waals surface area (Å²) in [5.41, 5.74) is 1.91. The van der Waals surface area contributed by atoms with Crippen molar-refractivity contribution in [3.63, 3.8) is 0 Å². The highest BCUT2D eigenvalue weighted by Crippen LogP contribution is 2.37. The first-order valence-electron chi connectivity index (χ1n) is 22.2. The van der Waals surface area contributed by atoms with Crippen molar-refractivity contribution in [3.8, 4) is 0 Å². The van der Waals surface area contributed by atoms with Crippen molar-refractivity contribution >= 4 is 91.9 Å². The number of amides is 6. The van der Waals surface area contributed by atoms with Gasteiger partial charge < -0.3 is 31.1 Å². The summed E-state index contributed by atoms with van der Waals surface area (Å²) >= 11 is 5.94. The van der Waals surface area contributed by atoms with Crippen LogP contribution < -0.4 is 21.3 Å². The van der Waals surface area contributed by atoms with Gasteiger partial charge in [0.1, 0.15) is 24.2 Å². The fraction of sp³-hybridized carbons (Fsp3) is 0.478. The minimum absolute atomic E-state index is 0.168. The van der Waals surface area contributed by atoms with Crippen LogP contribution in [0.4, 0.5) is 10.3 Å². The van der Waals surface area contributed by atoms with E-state index in [4.69, 9.17) is 0 Å². The van der Waals surface area contributed by atoms with Gasteiger partial charge in [-0.05, 0) is 99.7 Å². The summed E-state index contributed by atoms with van der Waals surface area (Å²) in [5.74, 6) is -1.49. The van der Waals surface area contributed by atoms with Gasteiger partial charge in [-0.1, -0.05) is 60.7 Å². The number of benzene rings is 2. The van der Waals surface area contributed by atoms with E-state index in [0.717, 1.165) is 36.8 Å². The van der Waals surface area contributed by atoms with E-state index in [1.165, 1.54) is 22.7 Å². The molecule has 2 aromatic carbocycles. The molecule has 4 N–H and O–H groups in total. The average molecular weight is 943 g/mol. The summed E-state index contributed by atoms with van der Waals surface area (Å²) in [4.78, 5) is 96.9. The molecule has 18 heteroatoms. The van der Waals surface area contributed by atoms with Gasteiger partial charge in [0, 0.05) is 35.0 Å². The highest BCUT2D eigenvalue weighted by atomic mass is 32.2. The number of rotatable bonds is 15. The van der Waals surface area contributed by atoms with Crippen LogP contribution in [0.2, 0.25) is 0 Å². The minimum atomic E-state index is -0.815. The van der Waals surface area contributed by atoms with Gasteiger partial charge >= 0.3 is 0 Å². The molecule has 6 heterocycles. The van der Waals surface area contributed by atoms with Crippen LogP contribution >= 0.6 is 46.2 Å². The van der Waals surface area contributed by atoms with E-state index < -0.39 is 36.0 Å². The zero-order valence-corrected chi connectivity index (χ0v) is 38.7. The molecule has 4 aliphatic heterocycles. The van der Waals surface area contributed by atoms with E-state index in [2.05, 4.69) is 31.2 Å². The fourth-order valence-electron chi connectivity index (χ4n) is 9.26. The maximum atomic E-state index is 14.6. The van der Waals surface area contributed by atoms with Crippen molar-refractivity contribution in [1.29, 1.82) is 0 Å². The van der Waals surface area contributed by atoms with Gasteiger partial charge in [-0.25, -0.2) is 9.97 Å². The van der Waals surface area contributed by atoms with Crippen LogP contribution in [0.15, 0.2) is 83.8 Å². The molecule has 4 fully saturated rings. The van der Waals surface area contributed by atoms with E-state index in [1.54, 1.807) is 56.5 Å². The van der Waals surface area contributed by atoms with Gasteiger partial charge in [-0.2, -0.15) is 0 Å². The second kappa shape index (κ2) is 21.9. The summed E-state index contributed by atoms with van der Waals surface area (Å²) in [6.07, 6.45) is 9.78. The number of hydrogen-bond donors (Lipinski definition) is 4. The Hall–Kier alpha value is -4.78. The number of anilines is 2. The third kappa shape index (κ3) is 11.4. The minimum Gasteiger partial charge on any atom is -0.344 e. The second-order valence-corrected chi connectivity index (χ2v) is 21.1. The van der Waals surface area contributed by atoms with Crippen LogP contribution in [0.3, 0.4) is 0 Å². The summed E-state index contributed by atoms with van der Waals surface area (Å²) in [7, 11) is 0. The van der Waals surface area contributed by atoms with Crippen molar-refractivity contribution < 1.29 is 28.8 Å². The van der Waals surface area contributed by atoms with Crippen LogP contribution in [-0.4, -0.2) is 102 Å². The van der Waals surface area contributed by atoms with E-state index in [-0.39, 0.29) is 46.2 Å². The van der Waals surface area contributed by atoms with Gasteiger partial charge in [-0.15, -0.1) is 46.2 Å². The summed E-state index contributed by atoms with van der Waals surface area (Å²) in [6, 6.07) is 16.5. The largest absolute Gasteiger partial charge is 0.344 e. The molecule has 4 aromatic rings. The number of hydrogen-bond acceptors (Lipinski definition) is 12. The van der Waals surface area contributed by atoms with E-state index in [0.29, 0.717) is 73.1 Å². The zero-order valence-electron chi connectivity index (χ0n) is 35.5. The number of thiazole rings is 2. The molecule has 338 valence electrons. The normalized spacial score (nSPS) is 24.5. The average Bonchev–Trinajstić information content (AvgIpc) is 3.98. The third-order valence-corrected chi connectivity index (χ3v) is 16.5. The van der Waals surface area contributed by atoms with Gasteiger partial charge in [0.05, 0.1) is 10.7 Å². The standard InChI is InChI=1S/C46H54N8O6S4/c55-39(49-33-19-23-61-37-15-7-13-35(53(37)43(33)59)41(57)51-45-47-21-25-63-45)31(27-29-9-3-1-4-10-29)17-18-32(28-30-11-5-2-6-12-30)40(56)50-34-20-24-62-38-16-8-14-36(54(38)44(34)60)42(58)52-46-48-22-26-64-46/h1-6,9-12,21-22,25-26,31-38H,7-8,13-20,23-24,27-28H2,(H,49,55)(H,50,56)(H,47,51,57)(H,48,52,58)/t31-,32-,33-,34+,35+,36+,37+,38+/m1/s1. The monoisotopic (exact) mass is 942 g/mol. The molecule has 0 bridgehead atoms. The van der Waals surface area contributed by atoms with Crippen LogP contribution in [0.25, 0.3) is 0 Å². The number of fused-ring (bicyclic) bond motifs is 2. The van der Waals surface area contributed by atoms with Crippen molar-refractivity contribution in [3.05, 3.63) is 94.9 Å². The van der Waals surface area contributed by atoms with E-state index >= 15 is 0 Å². The number of aromatic nitrogens is 2. The maximum absolute atomic E-state index is 14.6. The predicted octanol–water partition coefficient (Wildman–Crippen LogP) is 6.33. The molecule has 0 spiro atoms. The Kier molecular flexibility index (Phi) is 15.7. The van der Waals surface area contributed by atoms with Gasteiger partial charge in [0.15, 0.2) is 10.3 Å². The van der Waals surface area contributed by atoms with Crippen molar-refractivity contribution in [2.45, 2.75) is 112 Å². The van der Waals surface area contributed by atoms with Crippen LogP contribution in [-0.2, 0) is 41.6 Å². The Balaban J connectivity index is 0.984. The number of thioether (sulfide) groups is 2. The molecule has 64 heavy (non-hydrogen) atoms. The topological polar surface area (TPSA) is 183 Å². The maximum Gasteiger partial charge on any atom is 0.249 e. The highest BCUT2D eigenvalue weighted by Gasteiger charge is 2.45. The lowest BCUT2D eigenvalue weighted by Crippen LogP contribution is -2.58. The molecule has 8 rings (SSSR count). The van der Waals surface area contributed by atoms with Gasteiger partial charge in [0.2, 0.25) is 35.4 Å². The van der Waals surface area contributed by atoms with Crippen molar-refractivity contribution in [2.75, 3.05) is 22.1 Å². The number of nitrogens with zero attached hydrogens (tertiary/aromatic N) is 4. The Bertz CT molecular complexity index is 2060. The van der Waals surface area contributed by atoms with Crippen LogP contribution in [0.1, 0.15) is 75.3 Å². The number of nitrogens with one attached hydrogen (secondary N) is 4. The van der Waals surface area contributed by atoms with Crippen LogP contribution in [0.5, 0.6) is 0 Å². The molecule has 6 amide bonds. The summed E-state index contributed by atoms with van der Waals surface area (Å²) < 4.78 is 0. The molecule has 14 nitrogen and oxygen atoms in total. The lowest BCUT2D eigenvalue weighted by atomic mass is 9.86. The molecule has 8 atom stereocenters. The molecule has 0 unspecified atom stereocenters. The van der Waals surface area contributed by atoms with Crippen molar-refractivity contribution in [2.24, 2.45) is 11.8 Å². The Morgan fingerprint density at radius 3 is 1.41 bits per heavy atom. The molecule has 4 saturated heterocycles.